The van der Waals surface area contributed by atoms with Crippen molar-refractivity contribution in [1.82, 2.24) is 16.1 Å². The van der Waals surface area contributed by atoms with E-state index >= 15 is 0 Å². The van der Waals surface area contributed by atoms with Crippen LogP contribution in [0, 0.1) is 0 Å². The maximum Gasteiger partial charge on any atom is 0.329 e. The predicted molar refractivity (Wildman–Crippen MR) is 114 cm³/mol. The van der Waals surface area contributed by atoms with E-state index in [4.69, 9.17) is 4.74 Å². The van der Waals surface area contributed by atoms with Crippen molar-refractivity contribution < 1.29 is 19.1 Å². The molecule has 2 aromatic rings. The lowest BCUT2D eigenvalue weighted by atomic mass is 10.1. The van der Waals surface area contributed by atoms with Gasteiger partial charge in [0.25, 0.3) is 5.91 Å². The minimum atomic E-state index is -0.845. The first kappa shape index (κ1) is 22.6. The summed E-state index contributed by atoms with van der Waals surface area (Å²) in [6, 6.07) is 16.4. The molecule has 2 rings (SSSR count). The molecule has 0 saturated heterocycles. The highest BCUT2D eigenvalue weighted by Gasteiger charge is 2.19. The molecule has 0 saturated carbocycles. The second-order valence-corrected chi connectivity index (χ2v) is 7.52. The van der Waals surface area contributed by atoms with E-state index in [0.29, 0.717) is 17.9 Å². The number of hydrogen-bond acceptors (Lipinski definition) is 5. The molecule has 0 atom stereocenters. The van der Waals surface area contributed by atoms with Gasteiger partial charge in [0.2, 0.25) is 0 Å². The summed E-state index contributed by atoms with van der Waals surface area (Å²) in [5.41, 5.74) is 3.36. The Morgan fingerprint density at radius 1 is 0.967 bits per heavy atom. The van der Waals surface area contributed by atoms with Gasteiger partial charge in [-0.15, -0.1) is 0 Å². The van der Waals surface area contributed by atoms with Gasteiger partial charge in [-0.3, -0.25) is 14.4 Å². The molecule has 0 aliphatic heterocycles. The van der Waals surface area contributed by atoms with Gasteiger partial charge in [-0.25, -0.2) is 5.43 Å². The fourth-order valence-corrected chi connectivity index (χ4v) is 2.26. The fourth-order valence-electron chi connectivity index (χ4n) is 2.26. The summed E-state index contributed by atoms with van der Waals surface area (Å²) in [7, 11) is 0. The molecule has 3 N–H and O–H groups in total. The molecule has 0 spiro atoms. The molecule has 0 aromatic heterocycles. The molecule has 8 nitrogen and oxygen atoms in total. The number of benzene rings is 2. The summed E-state index contributed by atoms with van der Waals surface area (Å²) in [4.78, 5) is 35.2. The molecule has 2 aromatic carbocycles. The number of rotatable bonds is 7. The molecule has 0 radical (unpaired) electrons. The average molecular weight is 410 g/mol. The van der Waals surface area contributed by atoms with Crippen molar-refractivity contribution in [3.63, 3.8) is 0 Å². The average Bonchev–Trinajstić information content (AvgIpc) is 2.71. The van der Waals surface area contributed by atoms with E-state index in [9.17, 15) is 14.4 Å². The smallest absolute Gasteiger partial charge is 0.329 e. The largest absolute Gasteiger partial charge is 0.484 e. The number of hydrogen-bond donors (Lipinski definition) is 3. The predicted octanol–water partition coefficient (Wildman–Crippen LogP) is 1.75. The van der Waals surface area contributed by atoms with Crippen LogP contribution in [0.5, 0.6) is 5.75 Å². The Kier molecular flexibility index (Phi) is 8.10. The SMILES string of the molecule is CC(C)(C)NC(=O)C(=O)N/N=C\c1ccc(OCC(=O)NCc2ccccc2)cc1. The van der Waals surface area contributed by atoms with Crippen molar-refractivity contribution in [2.75, 3.05) is 6.61 Å². The third kappa shape index (κ3) is 8.55. The summed E-state index contributed by atoms with van der Waals surface area (Å²) in [6.45, 7) is 5.67. The molecule has 0 aliphatic carbocycles. The molecule has 0 fully saturated rings. The van der Waals surface area contributed by atoms with Crippen molar-refractivity contribution in [2.45, 2.75) is 32.9 Å². The molecule has 3 amide bonds. The number of nitrogens with one attached hydrogen (secondary N) is 3. The number of carbonyl (C=O) groups is 3. The summed E-state index contributed by atoms with van der Waals surface area (Å²) in [5, 5.41) is 9.09. The fraction of sp³-hybridized carbons (Fsp3) is 0.273. The van der Waals surface area contributed by atoms with Gasteiger partial charge >= 0.3 is 11.8 Å². The highest BCUT2D eigenvalue weighted by molar-refractivity contribution is 6.35. The maximum atomic E-state index is 11.9. The van der Waals surface area contributed by atoms with E-state index in [0.717, 1.165) is 5.56 Å². The van der Waals surface area contributed by atoms with Gasteiger partial charge in [0.05, 0.1) is 6.21 Å². The van der Waals surface area contributed by atoms with Crippen molar-refractivity contribution >= 4 is 23.9 Å². The van der Waals surface area contributed by atoms with E-state index in [1.165, 1.54) is 6.21 Å². The summed E-state index contributed by atoms with van der Waals surface area (Å²) >= 11 is 0. The first-order chi connectivity index (χ1) is 14.2. The van der Waals surface area contributed by atoms with E-state index in [2.05, 4.69) is 21.2 Å². The van der Waals surface area contributed by atoms with Crippen molar-refractivity contribution in [3.8, 4) is 5.75 Å². The van der Waals surface area contributed by atoms with Crippen LogP contribution in [0.25, 0.3) is 0 Å². The van der Waals surface area contributed by atoms with Crippen molar-refractivity contribution in [1.29, 1.82) is 0 Å². The molecular formula is C22H26N4O4. The standard InChI is InChI=1S/C22H26N4O4/c1-22(2,3)25-20(28)21(29)26-24-14-17-9-11-18(12-10-17)30-15-19(27)23-13-16-7-5-4-6-8-16/h4-12,14H,13,15H2,1-3H3,(H,23,27)(H,25,28)(H,26,29)/b24-14-. The van der Waals surface area contributed by atoms with Crippen LogP contribution in [0.1, 0.15) is 31.9 Å². The van der Waals surface area contributed by atoms with Crippen LogP contribution in [0.2, 0.25) is 0 Å². The Hall–Kier alpha value is -3.68. The molecule has 0 bridgehead atoms. The zero-order chi connectivity index (χ0) is 22.0. The molecule has 158 valence electrons. The number of ether oxygens (including phenoxy) is 1. The lowest BCUT2D eigenvalue weighted by Gasteiger charge is -2.19. The van der Waals surface area contributed by atoms with Gasteiger partial charge in [0.15, 0.2) is 6.61 Å². The van der Waals surface area contributed by atoms with E-state index in [1.54, 1.807) is 45.0 Å². The molecule has 8 heteroatoms. The summed E-state index contributed by atoms with van der Waals surface area (Å²) in [6.07, 6.45) is 1.40. The second kappa shape index (κ2) is 10.8. The van der Waals surface area contributed by atoms with Crippen molar-refractivity contribution in [3.05, 3.63) is 65.7 Å². The van der Waals surface area contributed by atoms with Gasteiger partial charge in [0.1, 0.15) is 5.75 Å². The molecular weight excluding hydrogens is 384 g/mol. The van der Waals surface area contributed by atoms with Crippen LogP contribution in [-0.4, -0.2) is 36.1 Å². The van der Waals surface area contributed by atoms with Crippen molar-refractivity contribution in [2.24, 2.45) is 5.10 Å². The highest BCUT2D eigenvalue weighted by atomic mass is 16.5. The first-order valence-electron chi connectivity index (χ1n) is 9.42. The monoisotopic (exact) mass is 410 g/mol. The Balaban J connectivity index is 1.74. The van der Waals surface area contributed by atoms with Gasteiger partial charge in [0, 0.05) is 12.1 Å². The minimum Gasteiger partial charge on any atom is -0.484 e. The molecule has 0 heterocycles. The second-order valence-electron chi connectivity index (χ2n) is 7.52. The van der Waals surface area contributed by atoms with Crippen LogP contribution >= 0.6 is 0 Å². The van der Waals surface area contributed by atoms with Gasteiger partial charge in [-0.05, 0) is 56.2 Å². The first-order valence-corrected chi connectivity index (χ1v) is 9.42. The van der Waals surface area contributed by atoms with Crippen LogP contribution in [0.3, 0.4) is 0 Å². The molecule has 0 unspecified atom stereocenters. The van der Waals surface area contributed by atoms with E-state index in [-0.39, 0.29) is 12.5 Å². The van der Waals surface area contributed by atoms with Crippen LogP contribution in [0.15, 0.2) is 59.7 Å². The summed E-state index contributed by atoms with van der Waals surface area (Å²) in [5.74, 6) is -1.30. The molecule has 30 heavy (non-hydrogen) atoms. The number of nitrogens with zero attached hydrogens (tertiary/aromatic N) is 1. The molecule has 0 aliphatic rings. The van der Waals surface area contributed by atoms with Crippen LogP contribution in [-0.2, 0) is 20.9 Å². The zero-order valence-electron chi connectivity index (χ0n) is 17.3. The number of carbonyl (C=O) groups excluding carboxylic acids is 3. The van der Waals surface area contributed by atoms with Gasteiger partial charge < -0.3 is 15.4 Å². The minimum absolute atomic E-state index is 0.0980. The Morgan fingerprint density at radius 2 is 1.63 bits per heavy atom. The zero-order valence-corrected chi connectivity index (χ0v) is 17.3. The Bertz CT molecular complexity index is 888. The van der Waals surface area contributed by atoms with Gasteiger partial charge in [-0.2, -0.15) is 5.10 Å². The maximum absolute atomic E-state index is 11.9. The van der Waals surface area contributed by atoms with E-state index in [1.807, 2.05) is 30.3 Å². The quantitative estimate of drug-likeness (QED) is 0.367. The highest BCUT2D eigenvalue weighted by Crippen LogP contribution is 2.11. The topological polar surface area (TPSA) is 109 Å². The van der Waals surface area contributed by atoms with Gasteiger partial charge in [-0.1, -0.05) is 30.3 Å². The Labute approximate surface area is 175 Å². The lowest BCUT2D eigenvalue weighted by molar-refractivity contribution is -0.140. The third-order valence-electron chi connectivity index (χ3n) is 3.66. The third-order valence-corrected chi connectivity index (χ3v) is 3.66. The summed E-state index contributed by atoms with van der Waals surface area (Å²) < 4.78 is 5.45. The van der Waals surface area contributed by atoms with E-state index < -0.39 is 17.4 Å². The number of hydrazone groups is 1. The number of amides is 3. The van der Waals surface area contributed by atoms with Crippen LogP contribution < -0.4 is 20.8 Å². The Morgan fingerprint density at radius 3 is 2.27 bits per heavy atom. The van der Waals surface area contributed by atoms with Crippen LogP contribution in [0.4, 0.5) is 0 Å². The normalized spacial score (nSPS) is 11.0. The lowest BCUT2D eigenvalue weighted by Crippen LogP contribution is -2.47.